The van der Waals surface area contributed by atoms with Crippen molar-refractivity contribution in [3.63, 3.8) is 0 Å². The molecule has 32 heavy (non-hydrogen) atoms. The Morgan fingerprint density at radius 3 is 2.84 bits per heavy atom. The molecule has 0 spiro atoms. The van der Waals surface area contributed by atoms with E-state index in [-0.39, 0.29) is 5.91 Å². The normalized spacial score (nSPS) is 22.8. The zero-order valence-corrected chi connectivity index (χ0v) is 18.9. The largest absolute Gasteiger partial charge is 0.368 e. The van der Waals surface area contributed by atoms with E-state index in [9.17, 15) is 4.79 Å². The van der Waals surface area contributed by atoms with Gasteiger partial charge in [-0.1, -0.05) is 19.1 Å². The molecule has 5 heterocycles. The fraction of sp³-hybridized carbons (Fsp3) is 0.308. The van der Waals surface area contributed by atoms with Gasteiger partial charge in [-0.3, -0.25) is 9.69 Å². The summed E-state index contributed by atoms with van der Waals surface area (Å²) in [5.41, 5.74) is 7.01. The molecule has 1 saturated heterocycles. The Morgan fingerprint density at radius 1 is 1.19 bits per heavy atom. The monoisotopic (exact) mass is 427 g/mol. The maximum Gasteiger partial charge on any atom is 0.255 e. The number of aromatic nitrogens is 2. The van der Waals surface area contributed by atoms with E-state index in [1.165, 1.54) is 5.56 Å². The van der Waals surface area contributed by atoms with Crippen LogP contribution in [0.3, 0.4) is 0 Å². The molecule has 1 N–H and O–H groups in total. The Hall–Kier alpha value is -3.38. The molecular weight excluding hydrogens is 398 g/mol. The van der Waals surface area contributed by atoms with Gasteiger partial charge in [0.1, 0.15) is 5.65 Å². The van der Waals surface area contributed by atoms with Crippen molar-refractivity contribution in [3.8, 4) is 0 Å². The maximum absolute atomic E-state index is 13.3. The molecule has 3 aliphatic rings. The summed E-state index contributed by atoms with van der Waals surface area (Å²) in [7, 11) is 0. The summed E-state index contributed by atoms with van der Waals surface area (Å²) in [4.78, 5) is 22.1. The Labute approximate surface area is 188 Å². The Balaban J connectivity index is 1.50. The number of pyridine rings is 1. The number of nitrogens with zero attached hydrogens (tertiary/aromatic N) is 4. The highest BCUT2D eigenvalue weighted by Crippen LogP contribution is 2.27. The van der Waals surface area contributed by atoms with Gasteiger partial charge in [-0.2, -0.15) is 0 Å². The summed E-state index contributed by atoms with van der Waals surface area (Å²) in [5.74, 6) is -0.0411. The standard InChI is InChI=1S/C26H29N5O/c1-4-20-12-22(16-30-15-19(3)28-26(20)30)21-6-5-7-23-8-9-24(17-31(23)25(32)13-21)29-11-10-27-18(2)14-29/h5-9,12-13,15-18,27H,4,10-11,14H2,1-3H3/b6-5?,21-13?,23-7+/t18-/m0/s1. The van der Waals surface area contributed by atoms with Crippen LogP contribution in [0, 0.1) is 6.92 Å². The van der Waals surface area contributed by atoms with E-state index < -0.39 is 0 Å². The molecule has 3 aliphatic heterocycles. The predicted molar refractivity (Wildman–Crippen MR) is 128 cm³/mol. The summed E-state index contributed by atoms with van der Waals surface area (Å²) in [6.45, 7) is 9.15. The third kappa shape index (κ3) is 3.82. The smallest absolute Gasteiger partial charge is 0.255 e. The number of imidazole rings is 1. The first-order chi connectivity index (χ1) is 15.5. The fourth-order valence-corrected chi connectivity index (χ4v) is 4.57. The molecule has 1 atom stereocenters. The van der Waals surface area contributed by atoms with Crippen LogP contribution in [0.4, 0.5) is 0 Å². The quantitative estimate of drug-likeness (QED) is 0.814. The van der Waals surface area contributed by atoms with Crippen molar-refractivity contribution in [2.45, 2.75) is 33.2 Å². The minimum absolute atomic E-state index is 0.0411. The van der Waals surface area contributed by atoms with E-state index in [2.05, 4.69) is 51.8 Å². The van der Waals surface area contributed by atoms with E-state index in [0.717, 1.165) is 59.9 Å². The second kappa shape index (κ2) is 8.28. The molecule has 1 amide bonds. The number of amides is 1. The zero-order valence-electron chi connectivity index (χ0n) is 18.9. The van der Waals surface area contributed by atoms with Crippen molar-refractivity contribution in [3.05, 3.63) is 89.3 Å². The number of aryl methyl sites for hydroxylation is 2. The first-order valence-corrected chi connectivity index (χ1v) is 11.3. The Morgan fingerprint density at radius 2 is 2.03 bits per heavy atom. The van der Waals surface area contributed by atoms with E-state index in [1.807, 2.05) is 43.6 Å². The van der Waals surface area contributed by atoms with Crippen LogP contribution in [0.5, 0.6) is 0 Å². The van der Waals surface area contributed by atoms with Gasteiger partial charge < -0.3 is 14.6 Å². The Bertz CT molecular complexity index is 1230. The molecule has 2 aromatic heterocycles. The molecule has 2 aromatic rings. The van der Waals surface area contributed by atoms with Gasteiger partial charge in [0.2, 0.25) is 0 Å². The SMILES string of the molecule is CCc1cc(C2=CC(=O)N3C=C(N4CCN[C@@H](C)C4)C=C/C3=C\C=C2)cn2cc(C)nc12. The number of rotatable bonds is 3. The number of fused-ring (bicyclic) bond motifs is 2. The number of hydrogen-bond donors (Lipinski definition) is 1. The molecule has 0 radical (unpaired) electrons. The third-order valence-corrected chi connectivity index (χ3v) is 6.22. The van der Waals surface area contributed by atoms with Gasteiger partial charge in [0.05, 0.1) is 11.4 Å². The molecule has 0 unspecified atom stereocenters. The lowest BCUT2D eigenvalue weighted by Gasteiger charge is -2.36. The summed E-state index contributed by atoms with van der Waals surface area (Å²) in [6.07, 6.45) is 18.8. The van der Waals surface area contributed by atoms with Crippen LogP contribution in [0.25, 0.3) is 11.2 Å². The number of allylic oxidation sites excluding steroid dienone is 6. The second-order valence-electron chi connectivity index (χ2n) is 8.67. The van der Waals surface area contributed by atoms with Gasteiger partial charge in [0.25, 0.3) is 5.91 Å². The van der Waals surface area contributed by atoms with E-state index in [1.54, 1.807) is 11.0 Å². The molecule has 0 saturated carbocycles. The lowest BCUT2D eigenvalue weighted by molar-refractivity contribution is -0.122. The first kappa shape index (κ1) is 20.5. The topological polar surface area (TPSA) is 52.9 Å². The number of carbonyl (C=O) groups is 1. The summed E-state index contributed by atoms with van der Waals surface area (Å²) in [5, 5.41) is 3.47. The molecule has 0 aliphatic carbocycles. The van der Waals surface area contributed by atoms with Crippen LogP contribution in [0.2, 0.25) is 0 Å². The molecule has 0 bridgehead atoms. The zero-order chi connectivity index (χ0) is 22.2. The highest BCUT2D eigenvalue weighted by atomic mass is 16.2. The van der Waals surface area contributed by atoms with Crippen molar-refractivity contribution < 1.29 is 4.79 Å². The Kier molecular flexibility index (Phi) is 5.31. The third-order valence-electron chi connectivity index (χ3n) is 6.22. The fourth-order valence-electron chi connectivity index (χ4n) is 4.57. The summed E-state index contributed by atoms with van der Waals surface area (Å²) in [6, 6.07) is 2.58. The lowest BCUT2D eigenvalue weighted by atomic mass is 10.0. The van der Waals surface area contributed by atoms with Gasteiger partial charge in [-0.05, 0) is 61.3 Å². The van der Waals surface area contributed by atoms with Crippen LogP contribution in [-0.4, -0.2) is 50.8 Å². The van der Waals surface area contributed by atoms with Crippen molar-refractivity contribution in [1.82, 2.24) is 24.5 Å². The van der Waals surface area contributed by atoms with Crippen LogP contribution >= 0.6 is 0 Å². The van der Waals surface area contributed by atoms with Crippen LogP contribution < -0.4 is 5.32 Å². The molecular formula is C26H29N5O. The molecule has 164 valence electrons. The molecule has 6 nitrogen and oxygen atoms in total. The average Bonchev–Trinajstić information content (AvgIpc) is 3.16. The average molecular weight is 428 g/mol. The van der Waals surface area contributed by atoms with Crippen molar-refractivity contribution >= 4 is 17.1 Å². The number of carbonyl (C=O) groups excluding carboxylic acids is 1. The molecule has 1 fully saturated rings. The minimum Gasteiger partial charge on any atom is -0.368 e. The van der Waals surface area contributed by atoms with Crippen LogP contribution in [0.15, 0.2) is 72.5 Å². The predicted octanol–water partition coefficient (Wildman–Crippen LogP) is 3.58. The lowest BCUT2D eigenvalue weighted by Crippen LogP contribution is -2.48. The van der Waals surface area contributed by atoms with E-state index >= 15 is 0 Å². The van der Waals surface area contributed by atoms with E-state index in [0.29, 0.717) is 6.04 Å². The first-order valence-electron chi connectivity index (χ1n) is 11.3. The molecule has 6 heteroatoms. The van der Waals surface area contributed by atoms with Gasteiger partial charge in [-0.15, -0.1) is 0 Å². The van der Waals surface area contributed by atoms with Gasteiger partial charge in [0, 0.05) is 56.0 Å². The van der Waals surface area contributed by atoms with Gasteiger partial charge in [0.15, 0.2) is 0 Å². The molecule has 5 rings (SSSR count). The second-order valence-corrected chi connectivity index (χ2v) is 8.67. The van der Waals surface area contributed by atoms with Crippen LogP contribution in [-0.2, 0) is 11.2 Å². The minimum atomic E-state index is -0.0411. The summed E-state index contributed by atoms with van der Waals surface area (Å²) >= 11 is 0. The van der Waals surface area contributed by atoms with Crippen molar-refractivity contribution in [2.24, 2.45) is 0 Å². The van der Waals surface area contributed by atoms with E-state index in [4.69, 9.17) is 0 Å². The molecule has 0 aromatic carbocycles. The number of piperazine rings is 1. The maximum atomic E-state index is 13.3. The van der Waals surface area contributed by atoms with Crippen LogP contribution in [0.1, 0.15) is 30.7 Å². The number of nitrogens with one attached hydrogen (secondary N) is 1. The highest BCUT2D eigenvalue weighted by Gasteiger charge is 2.23. The van der Waals surface area contributed by atoms with Gasteiger partial charge >= 0.3 is 0 Å². The highest BCUT2D eigenvalue weighted by molar-refractivity contribution is 6.00. The van der Waals surface area contributed by atoms with Gasteiger partial charge in [-0.25, -0.2) is 4.98 Å². The summed E-state index contributed by atoms with van der Waals surface area (Å²) < 4.78 is 2.07. The number of hydrogen-bond acceptors (Lipinski definition) is 4. The van der Waals surface area contributed by atoms with Crippen molar-refractivity contribution in [2.75, 3.05) is 19.6 Å². The van der Waals surface area contributed by atoms with Crippen molar-refractivity contribution in [1.29, 1.82) is 0 Å².